The second-order valence-corrected chi connectivity index (χ2v) is 5.67. The van der Waals surface area contributed by atoms with E-state index in [-0.39, 0.29) is 35.5 Å². The largest absolute Gasteiger partial charge is 0.494 e. The number of aryl methyl sites for hydroxylation is 1. The number of rotatable bonds is 8. The van der Waals surface area contributed by atoms with Crippen molar-refractivity contribution in [1.82, 2.24) is 5.32 Å². The number of amides is 1. The summed E-state index contributed by atoms with van der Waals surface area (Å²) >= 11 is 0. The fraction of sp³-hybridized carbons (Fsp3) is 0.263. The summed E-state index contributed by atoms with van der Waals surface area (Å²) in [5.74, 6) is -3.25. The maximum Gasteiger partial charge on any atom is 0.330 e. The summed E-state index contributed by atoms with van der Waals surface area (Å²) < 4.78 is 37.6. The second kappa shape index (κ2) is 8.98. The highest BCUT2D eigenvalue weighted by Gasteiger charge is 2.23. The van der Waals surface area contributed by atoms with E-state index in [4.69, 9.17) is 9.47 Å². The number of carboxylic acids is 1. The van der Waals surface area contributed by atoms with Gasteiger partial charge in [-0.2, -0.15) is 0 Å². The highest BCUT2D eigenvalue weighted by atomic mass is 19.1. The Bertz CT molecular complexity index is 841. The molecule has 1 amide bonds. The average molecular weight is 379 g/mol. The zero-order valence-electron chi connectivity index (χ0n) is 14.8. The molecule has 0 heterocycles. The van der Waals surface area contributed by atoms with E-state index >= 15 is 0 Å². The minimum atomic E-state index is -1.44. The molecular weight excluding hydrogens is 360 g/mol. The summed E-state index contributed by atoms with van der Waals surface area (Å²) in [7, 11) is 2.62. The highest BCUT2D eigenvalue weighted by Crippen LogP contribution is 2.23. The van der Waals surface area contributed by atoms with E-state index < -0.39 is 29.6 Å². The number of carboxylic acid groups (broad SMARTS) is 1. The molecule has 27 heavy (non-hydrogen) atoms. The number of halogens is 2. The van der Waals surface area contributed by atoms with Crippen LogP contribution in [0.4, 0.5) is 8.78 Å². The molecule has 0 aliphatic rings. The van der Waals surface area contributed by atoms with Gasteiger partial charge in [0.05, 0.1) is 14.2 Å². The Morgan fingerprint density at radius 3 is 2.41 bits per heavy atom. The quantitative estimate of drug-likeness (QED) is 0.737. The molecule has 6 nitrogen and oxygen atoms in total. The Kier molecular flexibility index (Phi) is 6.70. The number of hydrogen-bond donors (Lipinski definition) is 2. The first-order valence-electron chi connectivity index (χ1n) is 8.04. The van der Waals surface area contributed by atoms with E-state index in [2.05, 4.69) is 5.32 Å². The van der Waals surface area contributed by atoms with Crippen LogP contribution in [-0.2, 0) is 16.0 Å². The van der Waals surface area contributed by atoms with Crippen LogP contribution in [0, 0.1) is 11.6 Å². The Morgan fingerprint density at radius 2 is 1.81 bits per heavy atom. The van der Waals surface area contributed by atoms with Crippen LogP contribution in [0.25, 0.3) is 0 Å². The van der Waals surface area contributed by atoms with E-state index in [1.165, 1.54) is 38.5 Å². The summed E-state index contributed by atoms with van der Waals surface area (Å²) in [5, 5.41) is 11.7. The van der Waals surface area contributed by atoms with Crippen LogP contribution in [0.15, 0.2) is 36.4 Å². The molecule has 0 saturated carbocycles. The van der Waals surface area contributed by atoms with Crippen LogP contribution in [0.5, 0.6) is 11.5 Å². The van der Waals surface area contributed by atoms with Crippen LogP contribution in [0.2, 0.25) is 0 Å². The third kappa shape index (κ3) is 4.93. The minimum Gasteiger partial charge on any atom is -0.494 e. The third-order valence-electron chi connectivity index (χ3n) is 3.95. The summed E-state index contributed by atoms with van der Waals surface area (Å²) in [4.78, 5) is 23.6. The van der Waals surface area contributed by atoms with Gasteiger partial charge in [0.1, 0.15) is 0 Å². The number of carbonyl (C=O) groups is 2. The molecule has 2 rings (SSSR count). The van der Waals surface area contributed by atoms with Crippen molar-refractivity contribution in [3.63, 3.8) is 0 Å². The lowest BCUT2D eigenvalue weighted by molar-refractivity contribution is -0.142. The third-order valence-corrected chi connectivity index (χ3v) is 3.95. The SMILES string of the molecule is COc1ccc(C(NC(=O)CCc2cccc(OC)c2F)C(=O)O)cc1F. The fourth-order valence-corrected chi connectivity index (χ4v) is 2.54. The van der Waals surface area contributed by atoms with Gasteiger partial charge in [-0.3, -0.25) is 4.79 Å². The van der Waals surface area contributed by atoms with Gasteiger partial charge in [0.25, 0.3) is 0 Å². The molecular formula is C19H19F2NO5. The topological polar surface area (TPSA) is 84.9 Å². The molecule has 0 fully saturated rings. The first-order valence-corrected chi connectivity index (χ1v) is 8.04. The van der Waals surface area contributed by atoms with E-state index in [0.717, 1.165) is 6.07 Å². The number of hydrogen-bond acceptors (Lipinski definition) is 4. The van der Waals surface area contributed by atoms with Crippen LogP contribution in [-0.4, -0.2) is 31.2 Å². The molecule has 8 heteroatoms. The minimum absolute atomic E-state index is 0.0392. The number of ether oxygens (including phenoxy) is 2. The van der Waals surface area contributed by atoms with Gasteiger partial charge < -0.3 is 19.9 Å². The summed E-state index contributed by atoms with van der Waals surface area (Å²) in [5.41, 5.74) is 0.327. The van der Waals surface area contributed by atoms with Crippen LogP contribution < -0.4 is 14.8 Å². The van der Waals surface area contributed by atoms with E-state index in [9.17, 15) is 23.5 Å². The lowest BCUT2D eigenvalue weighted by Crippen LogP contribution is -2.34. The molecule has 0 aromatic heterocycles. The average Bonchev–Trinajstić information content (AvgIpc) is 2.65. The maximum atomic E-state index is 14.1. The molecule has 0 spiro atoms. The van der Waals surface area contributed by atoms with Crippen LogP contribution in [0.1, 0.15) is 23.6 Å². The number of carbonyl (C=O) groups excluding carboxylic acids is 1. The van der Waals surface area contributed by atoms with Gasteiger partial charge in [0.15, 0.2) is 29.2 Å². The number of aliphatic carboxylic acids is 1. The zero-order valence-corrected chi connectivity index (χ0v) is 14.8. The smallest absolute Gasteiger partial charge is 0.330 e. The zero-order chi connectivity index (χ0) is 20.0. The first-order chi connectivity index (χ1) is 12.9. The number of benzene rings is 2. The van der Waals surface area contributed by atoms with Crippen molar-refractivity contribution in [2.24, 2.45) is 0 Å². The van der Waals surface area contributed by atoms with Crippen molar-refractivity contribution in [3.05, 3.63) is 59.2 Å². The van der Waals surface area contributed by atoms with E-state index in [1.807, 2.05) is 0 Å². The standard InChI is InChI=1S/C19H19F2NO5/c1-26-14-8-6-12(10-13(14)20)18(19(24)25)22-16(23)9-7-11-4-3-5-15(27-2)17(11)21/h3-6,8,10,18H,7,9H2,1-2H3,(H,22,23)(H,24,25). The van der Waals surface area contributed by atoms with Gasteiger partial charge in [-0.1, -0.05) is 18.2 Å². The number of nitrogens with one attached hydrogen (secondary N) is 1. The van der Waals surface area contributed by atoms with Gasteiger partial charge in [0.2, 0.25) is 5.91 Å². The van der Waals surface area contributed by atoms with Gasteiger partial charge >= 0.3 is 5.97 Å². The summed E-state index contributed by atoms with van der Waals surface area (Å²) in [6.07, 6.45) is -0.0926. The van der Waals surface area contributed by atoms with Crippen molar-refractivity contribution in [3.8, 4) is 11.5 Å². The predicted molar refractivity (Wildman–Crippen MR) is 92.7 cm³/mol. The van der Waals surface area contributed by atoms with Crippen molar-refractivity contribution >= 4 is 11.9 Å². The maximum absolute atomic E-state index is 14.1. The van der Waals surface area contributed by atoms with Gasteiger partial charge in [-0.25, -0.2) is 13.6 Å². The molecule has 1 unspecified atom stereocenters. The Morgan fingerprint density at radius 1 is 1.11 bits per heavy atom. The molecule has 1 atom stereocenters. The van der Waals surface area contributed by atoms with Crippen LogP contribution >= 0.6 is 0 Å². The van der Waals surface area contributed by atoms with Crippen molar-refractivity contribution in [2.45, 2.75) is 18.9 Å². The van der Waals surface area contributed by atoms with Crippen molar-refractivity contribution in [2.75, 3.05) is 14.2 Å². The normalized spacial score (nSPS) is 11.6. The fourth-order valence-electron chi connectivity index (χ4n) is 2.54. The monoisotopic (exact) mass is 379 g/mol. The molecule has 0 radical (unpaired) electrons. The summed E-state index contributed by atoms with van der Waals surface area (Å²) in [6, 6.07) is 6.74. The lowest BCUT2D eigenvalue weighted by atomic mass is 10.0. The van der Waals surface area contributed by atoms with Gasteiger partial charge in [0, 0.05) is 6.42 Å². The first kappa shape index (κ1) is 20.2. The molecule has 0 saturated heterocycles. The lowest BCUT2D eigenvalue weighted by Gasteiger charge is -2.16. The van der Waals surface area contributed by atoms with Gasteiger partial charge in [-0.15, -0.1) is 0 Å². The Hall–Kier alpha value is -3.16. The number of methoxy groups -OCH3 is 2. The predicted octanol–water partition coefficient (Wildman–Crippen LogP) is 2.86. The molecule has 0 aliphatic heterocycles. The molecule has 2 aromatic carbocycles. The Balaban J connectivity index is 2.07. The Labute approximate surface area is 154 Å². The van der Waals surface area contributed by atoms with Crippen LogP contribution in [0.3, 0.4) is 0 Å². The molecule has 144 valence electrons. The molecule has 0 bridgehead atoms. The molecule has 2 aromatic rings. The van der Waals surface area contributed by atoms with Crippen molar-refractivity contribution in [1.29, 1.82) is 0 Å². The van der Waals surface area contributed by atoms with Crippen molar-refractivity contribution < 1.29 is 33.0 Å². The summed E-state index contributed by atoms with van der Waals surface area (Å²) in [6.45, 7) is 0. The van der Waals surface area contributed by atoms with E-state index in [0.29, 0.717) is 0 Å². The van der Waals surface area contributed by atoms with Gasteiger partial charge in [-0.05, 0) is 35.7 Å². The highest BCUT2D eigenvalue weighted by molar-refractivity contribution is 5.84. The molecule has 2 N–H and O–H groups in total. The van der Waals surface area contributed by atoms with E-state index in [1.54, 1.807) is 6.07 Å². The second-order valence-electron chi connectivity index (χ2n) is 5.67. The molecule has 0 aliphatic carbocycles.